The molecule has 0 saturated heterocycles. The average molecular weight is 360 g/mol. The van der Waals surface area contributed by atoms with Crippen LogP contribution in [-0.2, 0) is 9.53 Å². The Bertz CT molecular complexity index is 578. The Kier molecular flexibility index (Phi) is 8.35. The minimum Gasteiger partial charge on any atom is -0.493 e. The summed E-state index contributed by atoms with van der Waals surface area (Å²) in [5, 5.41) is 9.20. The van der Waals surface area contributed by atoms with Crippen molar-refractivity contribution in [1.82, 2.24) is 4.90 Å². The highest BCUT2D eigenvalue weighted by atomic mass is 35.5. The van der Waals surface area contributed by atoms with Crippen molar-refractivity contribution in [2.45, 2.75) is 13.3 Å². The molecule has 0 heterocycles. The van der Waals surface area contributed by atoms with Gasteiger partial charge in [0.15, 0.2) is 11.5 Å². The summed E-state index contributed by atoms with van der Waals surface area (Å²) >= 11 is 6.19. The van der Waals surface area contributed by atoms with E-state index in [1.165, 1.54) is 31.3 Å². The fraction of sp³-hybridized carbons (Fsp3) is 0.500. The Morgan fingerprint density at radius 3 is 2.50 bits per heavy atom. The lowest BCUT2D eigenvalue weighted by molar-refractivity contribution is -0.137. The zero-order valence-corrected chi connectivity index (χ0v) is 14.8. The summed E-state index contributed by atoms with van der Waals surface area (Å²) in [6, 6.07) is 2.93. The van der Waals surface area contributed by atoms with Crippen LogP contribution >= 0.6 is 11.6 Å². The largest absolute Gasteiger partial charge is 0.493 e. The topological polar surface area (TPSA) is 85.3 Å². The molecule has 0 aliphatic rings. The van der Waals surface area contributed by atoms with Gasteiger partial charge in [-0.1, -0.05) is 18.5 Å². The van der Waals surface area contributed by atoms with Crippen molar-refractivity contribution in [3.05, 3.63) is 22.7 Å². The van der Waals surface area contributed by atoms with Crippen LogP contribution in [0.1, 0.15) is 23.7 Å². The highest BCUT2D eigenvalue weighted by Gasteiger charge is 2.22. The van der Waals surface area contributed by atoms with Gasteiger partial charge in [0, 0.05) is 19.2 Å². The third kappa shape index (κ3) is 5.58. The molecule has 0 fully saturated rings. The van der Waals surface area contributed by atoms with E-state index in [-0.39, 0.29) is 23.7 Å². The molecule has 1 rings (SSSR count). The van der Waals surface area contributed by atoms with Crippen molar-refractivity contribution in [2.75, 3.05) is 40.5 Å². The molecule has 1 aromatic carbocycles. The van der Waals surface area contributed by atoms with Crippen molar-refractivity contribution in [2.24, 2.45) is 0 Å². The normalized spacial score (nSPS) is 10.3. The van der Waals surface area contributed by atoms with Crippen LogP contribution in [0.2, 0.25) is 5.02 Å². The number of methoxy groups -OCH3 is 2. The first-order valence-electron chi connectivity index (χ1n) is 7.44. The Hall–Kier alpha value is -1.99. The number of rotatable bonds is 10. The molecule has 0 aromatic heterocycles. The summed E-state index contributed by atoms with van der Waals surface area (Å²) in [6.45, 7) is 2.35. The van der Waals surface area contributed by atoms with Crippen molar-refractivity contribution in [3.8, 4) is 11.5 Å². The number of carboxylic acids is 1. The predicted molar refractivity (Wildman–Crippen MR) is 89.2 cm³/mol. The van der Waals surface area contributed by atoms with E-state index >= 15 is 0 Å². The van der Waals surface area contributed by atoms with Gasteiger partial charge in [-0.3, -0.25) is 9.59 Å². The van der Waals surface area contributed by atoms with Gasteiger partial charge >= 0.3 is 5.97 Å². The van der Waals surface area contributed by atoms with E-state index in [0.29, 0.717) is 18.1 Å². The van der Waals surface area contributed by atoms with Crippen LogP contribution in [0.15, 0.2) is 12.1 Å². The molecule has 0 spiro atoms. The number of benzene rings is 1. The first-order valence-corrected chi connectivity index (χ1v) is 7.82. The Labute approximate surface area is 146 Å². The number of halogens is 1. The minimum atomic E-state index is -1.11. The monoisotopic (exact) mass is 359 g/mol. The van der Waals surface area contributed by atoms with Gasteiger partial charge in [0.25, 0.3) is 5.91 Å². The molecule has 0 bridgehead atoms. The lowest BCUT2D eigenvalue weighted by Crippen LogP contribution is -2.38. The second-order valence-corrected chi connectivity index (χ2v) is 5.36. The van der Waals surface area contributed by atoms with Crippen LogP contribution < -0.4 is 9.47 Å². The number of amides is 1. The van der Waals surface area contributed by atoms with Crippen LogP contribution in [0.25, 0.3) is 0 Å². The molecule has 0 atom stereocenters. The average Bonchev–Trinajstić information content (AvgIpc) is 2.55. The SMILES string of the molecule is CCCOc1c(Cl)cc(C(=O)N(CCOC)CC(=O)O)cc1OC. The second-order valence-electron chi connectivity index (χ2n) is 4.95. The number of aliphatic carboxylic acids is 1. The molecule has 0 aliphatic carbocycles. The number of hydrogen-bond acceptors (Lipinski definition) is 5. The summed E-state index contributed by atoms with van der Waals surface area (Å²) in [7, 11) is 2.92. The third-order valence-electron chi connectivity index (χ3n) is 3.11. The lowest BCUT2D eigenvalue weighted by atomic mass is 10.1. The maximum Gasteiger partial charge on any atom is 0.323 e. The zero-order valence-electron chi connectivity index (χ0n) is 14.0. The number of hydrogen-bond donors (Lipinski definition) is 1. The third-order valence-corrected chi connectivity index (χ3v) is 3.39. The first-order chi connectivity index (χ1) is 11.4. The van der Waals surface area contributed by atoms with E-state index in [2.05, 4.69) is 0 Å². The van der Waals surface area contributed by atoms with Gasteiger partial charge in [-0.2, -0.15) is 0 Å². The predicted octanol–water partition coefficient (Wildman–Crippen LogP) is 2.31. The van der Waals surface area contributed by atoms with Gasteiger partial charge in [0.1, 0.15) is 6.54 Å². The lowest BCUT2D eigenvalue weighted by Gasteiger charge is -2.21. The molecular weight excluding hydrogens is 338 g/mol. The molecule has 0 radical (unpaired) electrons. The van der Waals surface area contributed by atoms with Crippen LogP contribution in [0.3, 0.4) is 0 Å². The highest BCUT2D eigenvalue weighted by molar-refractivity contribution is 6.32. The number of carbonyl (C=O) groups is 2. The molecule has 1 aromatic rings. The van der Waals surface area contributed by atoms with Crippen molar-refractivity contribution >= 4 is 23.5 Å². The smallest absolute Gasteiger partial charge is 0.323 e. The maximum absolute atomic E-state index is 12.6. The zero-order chi connectivity index (χ0) is 18.1. The number of carbonyl (C=O) groups excluding carboxylic acids is 1. The number of nitrogens with zero attached hydrogens (tertiary/aromatic N) is 1. The van der Waals surface area contributed by atoms with E-state index in [9.17, 15) is 9.59 Å². The van der Waals surface area contributed by atoms with Gasteiger partial charge in [0.2, 0.25) is 0 Å². The van der Waals surface area contributed by atoms with Crippen molar-refractivity contribution < 1.29 is 28.9 Å². The molecule has 8 heteroatoms. The summed E-state index contributed by atoms with van der Waals surface area (Å²) in [5.41, 5.74) is 0.220. The molecule has 0 saturated carbocycles. The fourth-order valence-corrected chi connectivity index (χ4v) is 2.25. The van der Waals surface area contributed by atoms with Crippen molar-refractivity contribution in [3.63, 3.8) is 0 Å². The van der Waals surface area contributed by atoms with Crippen LogP contribution in [0.5, 0.6) is 11.5 Å². The Morgan fingerprint density at radius 1 is 1.25 bits per heavy atom. The molecule has 1 N–H and O–H groups in total. The van der Waals surface area contributed by atoms with E-state index in [1.807, 2.05) is 6.92 Å². The standard InChI is InChI=1S/C16H22ClNO6/c1-4-6-24-15-12(17)8-11(9-13(15)23-3)16(21)18(5-7-22-2)10-14(19)20/h8-9H,4-7,10H2,1-3H3,(H,19,20). The number of carboxylic acid groups (broad SMARTS) is 1. The summed E-state index contributed by atoms with van der Waals surface area (Å²) < 4.78 is 15.7. The van der Waals surface area contributed by atoms with Gasteiger partial charge in [0.05, 0.1) is 25.3 Å². The summed E-state index contributed by atoms with van der Waals surface area (Å²) in [4.78, 5) is 24.7. The summed E-state index contributed by atoms with van der Waals surface area (Å²) in [5.74, 6) is -0.905. The fourth-order valence-electron chi connectivity index (χ4n) is 1.99. The van der Waals surface area contributed by atoms with Crippen LogP contribution in [0.4, 0.5) is 0 Å². The molecule has 1 amide bonds. The van der Waals surface area contributed by atoms with Crippen LogP contribution in [0, 0.1) is 0 Å². The maximum atomic E-state index is 12.6. The van der Waals surface area contributed by atoms with Gasteiger partial charge in [-0.05, 0) is 18.6 Å². The second kappa shape index (κ2) is 10.00. The molecule has 0 unspecified atom stereocenters. The Morgan fingerprint density at radius 2 is 1.96 bits per heavy atom. The molecule has 24 heavy (non-hydrogen) atoms. The van der Waals surface area contributed by atoms with Gasteiger partial charge in [-0.15, -0.1) is 0 Å². The molecule has 134 valence electrons. The quantitative estimate of drug-likeness (QED) is 0.690. The van der Waals surface area contributed by atoms with Gasteiger partial charge in [-0.25, -0.2) is 0 Å². The minimum absolute atomic E-state index is 0.148. The van der Waals surface area contributed by atoms with Crippen LogP contribution in [-0.4, -0.2) is 62.4 Å². The molecule has 0 aliphatic heterocycles. The van der Waals surface area contributed by atoms with Gasteiger partial charge < -0.3 is 24.2 Å². The van der Waals surface area contributed by atoms with E-state index in [0.717, 1.165) is 6.42 Å². The highest BCUT2D eigenvalue weighted by Crippen LogP contribution is 2.36. The Balaban J connectivity index is 3.11. The molecule has 7 nitrogen and oxygen atoms in total. The first kappa shape index (κ1) is 20.1. The van der Waals surface area contributed by atoms with Crippen molar-refractivity contribution in [1.29, 1.82) is 0 Å². The van der Waals surface area contributed by atoms with E-state index < -0.39 is 18.4 Å². The van der Waals surface area contributed by atoms with E-state index in [1.54, 1.807) is 0 Å². The molecular formula is C16H22ClNO6. The van der Waals surface area contributed by atoms with E-state index in [4.69, 9.17) is 30.9 Å². The number of ether oxygens (including phenoxy) is 3. The summed E-state index contributed by atoms with van der Waals surface area (Å²) in [6.07, 6.45) is 0.795.